The van der Waals surface area contributed by atoms with E-state index >= 15 is 0 Å². The largest absolute Gasteiger partial charge is 0.486 e. The second kappa shape index (κ2) is 8.55. The molecule has 1 saturated carbocycles. The molecule has 152 valence electrons. The Morgan fingerprint density at radius 2 is 1.55 bits per heavy atom. The van der Waals surface area contributed by atoms with Crippen molar-refractivity contribution in [2.75, 3.05) is 19.7 Å². The van der Waals surface area contributed by atoms with Gasteiger partial charge in [-0.2, -0.15) is 0 Å². The summed E-state index contributed by atoms with van der Waals surface area (Å²) in [5.74, 6) is 0.0853. The highest BCUT2D eigenvalue weighted by Gasteiger charge is 2.36. The van der Waals surface area contributed by atoms with Crippen molar-refractivity contribution in [3.63, 3.8) is 0 Å². The van der Waals surface area contributed by atoms with Crippen molar-refractivity contribution in [1.29, 1.82) is 0 Å². The first-order valence-corrected chi connectivity index (χ1v) is 10.2. The van der Waals surface area contributed by atoms with E-state index in [1.165, 1.54) is 5.56 Å². The highest BCUT2D eigenvalue weighted by molar-refractivity contribution is 6.35. The summed E-state index contributed by atoms with van der Waals surface area (Å²) in [4.78, 5) is 24.6. The van der Waals surface area contributed by atoms with Crippen LogP contribution in [-0.4, -0.2) is 37.6 Å². The van der Waals surface area contributed by atoms with Crippen LogP contribution in [0.5, 0.6) is 11.5 Å². The summed E-state index contributed by atoms with van der Waals surface area (Å²) in [6.07, 6.45) is 3.98. The Bertz CT molecular complexity index is 862. The summed E-state index contributed by atoms with van der Waals surface area (Å²) in [6, 6.07) is 17.6. The fourth-order valence-electron chi connectivity index (χ4n) is 4.19. The van der Waals surface area contributed by atoms with Gasteiger partial charge in [-0.25, -0.2) is 0 Å². The first-order valence-electron chi connectivity index (χ1n) is 10.2. The van der Waals surface area contributed by atoms with Crippen molar-refractivity contribution in [3.05, 3.63) is 60.2 Å². The van der Waals surface area contributed by atoms with Gasteiger partial charge in [0, 0.05) is 12.0 Å². The molecule has 1 aliphatic heterocycles. The number of hydrogen-bond donors (Lipinski definition) is 2. The molecule has 1 atom stereocenters. The van der Waals surface area contributed by atoms with Crippen LogP contribution in [0, 0.1) is 0 Å². The molecule has 1 fully saturated rings. The summed E-state index contributed by atoms with van der Waals surface area (Å²) in [5.41, 5.74) is 1.14. The van der Waals surface area contributed by atoms with Crippen LogP contribution in [0.4, 0.5) is 0 Å². The van der Waals surface area contributed by atoms with Gasteiger partial charge in [-0.3, -0.25) is 9.59 Å². The van der Waals surface area contributed by atoms with Crippen LogP contribution in [0.25, 0.3) is 0 Å². The maximum Gasteiger partial charge on any atom is 0.309 e. The minimum absolute atomic E-state index is 0.0821. The van der Waals surface area contributed by atoms with Crippen molar-refractivity contribution in [2.24, 2.45) is 0 Å². The van der Waals surface area contributed by atoms with E-state index in [1.807, 2.05) is 42.5 Å². The first kappa shape index (κ1) is 19.3. The highest BCUT2D eigenvalue weighted by Crippen LogP contribution is 2.40. The maximum absolute atomic E-state index is 12.3. The molecule has 0 unspecified atom stereocenters. The Balaban J connectivity index is 1.28. The normalized spacial score (nSPS) is 19.4. The topological polar surface area (TPSA) is 76.7 Å². The molecular weight excluding hydrogens is 368 g/mol. The standard InChI is InChI=1S/C23H26N2O4/c26-21(24-14-18-15-28-19-10-4-5-11-20(19)29-18)22(27)25-16-23(12-6-7-13-23)17-8-2-1-3-9-17/h1-5,8-11,18H,6-7,12-16H2,(H,24,26)(H,25,27)/t18-/m0/s1. The number of ether oxygens (including phenoxy) is 2. The van der Waals surface area contributed by atoms with E-state index in [0.717, 1.165) is 25.7 Å². The number of hydrogen-bond acceptors (Lipinski definition) is 4. The third-order valence-electron chi connectivity index (χ3n) is 5.80. The second-order valence-electron chi connectivity index (χ2n) is 7.74. The summed E-state index contributed by atoms with van der Waals surface area (Å²) in [7, 11) is 0. The first-order chi connectivity index (χ1) is 14.2. The predicted molar refractivity (Wildman–Crippen MR) is 109 cm³/mol. The van der Waals surface area contributed by atoms with Crippen LogP contribution >= 0.6 is 0 Å². The molecular formula is C23H26N2O4. The van der Waals surface area contributed by atoms with E-state index < -0.39 is 11.8 Å². The molecule has 2 aliphatic rings. The van der Waals surface area contributed by atoms with Crippen LogP contribution in [0.1, 0.15) is 31.2 Å². The number of amides is 2. The molecule has 2 N–H and O–H groups in total. The van der Waals surface area contributed by atoms with Crippen molar-refractivity contribution in [2.45, 2.75) is 37.2 Å². The van der Waals surface area contributed by atoms with Crippen molar-refractivity contribution in [3.8, 4) is 11.5 Å². The summed E-state index contributed by atoms with van der Waals surface area (Å²) in [6.45, 7) is 1.01. The summed E-state index contributed by atoms with van der Waals surface area (Å²) < 4.78 is 11.4. The van der Waals surface area contributed by atoms with E-state index in [0.29, 0.717) is 24.7 Å². The van der Waals surface area contributed by atoms with Crippen LogP contribution in [-0.2, 0) is 15.0 Å². The number of fused-ring (bicyclic) bond motifs is 1. The number of rotatable bonds is 5. The summed E-state index contributed by atoms with van der Waals surface area (Å²) in [5, 5.41) is 5.50. The Labute approximate surface area is 170 Å². The van der Waals surface area contributed by atoms with Gasteiger partial charge in [0.2, 0.25) is 0 Å². The number of para-hydroxylation sites is 2. The zero-order valence-electron chi connectivity index (χ0n) is 16.4. The third-order valence-corrected chi connectivity index (χ3v) is 5.80. The Kier molecular flexibility index (Phi) is 5.69. The van der Waals surface area contributed by atoms with Crippen molar-refractivity contribution in [1.82, 2.24) is 10.6 Å². The van der Waals surface area contributed by atoms with Crippen molar-refractivity contribution < 1.29 is 19.1 Å². The van der Waals surface area contributed by atoms with Gasteiger partial charge in [0.25, 0.3) is 0 Å². The van der Waals surface area contributed by atoms with E-state index in [2.05, 4.69) is 22.8 Å². The Morgan fingerprint density at radius 3 is 2.31 bits per heavy atom. The zero-order valence-corrected chi connectivity index (χ0v) is 16.4. The van der Waals surface area contributed by atoms with Gasteiger partial charge >= 0.3 is 11.8 Å². The van der Waals surface area contributed by atoms with Gasteiger partial charge < -0.3 is 20.1 Å². The summed E-state index contributed by atoms with van der Waals surface area (Å²) >= 11 is 0. The predicted octanol–water partition coefficient (Wildman–Crippen LogP) is 2.57. The SMILES string of the molecule is O=C(NC[C@H]1COc2ccccc2O1)C(=O)NCC1(c2ccccc2)CCCC1. The Hall–Kier alpha value is -3.02. The second-order valence-corrected chi connectivity index (χ2v) is 7.74. The van der Waals surface area contributed by atoms with Crippen LogP contribution in [0.3, 0.4) is 0 Å². The monoisotopic (exact) mass is 394 g/mol. The van der Waals surface area contributed by atoms with E-state index in [4.69, 9.17) is 9.47 Å². The number of nitrogens with one attached hydrogen (secondary N) is 2. The van der Waals surface area contributed by atoms with Crippen LogP contribution in [0.15, 0.2) is 54.6 Å². The fraction of sp³-hybridized carbons (Fsp3) is 0.391. The molecule has 1 aliphatic carbocycles. The minimum Gasteiger partial charge on any atom is -0.486 e. The number of benzene rings is 2. The highest BCUT2D eigenvalue weighted by atomic mass is 16.6. The third kappa shape index (κ3) is 4.36. The van der Waals surface area contributed by atoms with Gasteiger partial charge in [0.1, 0.15) is 12.7 Å². The quantitative estimate of drug-likeness (QED) is 0.765. The average Bonchev–Trinajstić information content (AvgIpc) is 3.26. The van der Waals surface area contributed by atoms with Crippen LogP contribution in [0.2, 0.25) is 0 Å². The molecule has 0 spiro atoms. The van der Waals surface area contributed by atoms with E-state index in [1.54, 1.807) is 0 Å². The van der Waals surface area contributed by atoms with Gasteiger partial charge in [0.05, 0.1) is 6.54 Å². The molecule has 6 heteroatoms. The molecule has 2 amide bonds. The lowest BCUT2D eigenvalue weighted by molar-refractivity contribution is -0.139. The molecule has 2 aromatic rings. The molecule has 0 radical (unpaired) electrons. The maximum atomic E-state index is 12.3. The molecule has 2 aromatic carbocycles. The van der Waals surface area contributed by atoms with Crippen molar-refractivity contribution >= 4 is 11.8 Å². The Morgan fingerprint density at radius 1 is 0.897 bits per heavy atom. The molecule has 0 bridgehead atoms. The van der Waals surface area contributed by atoms with Crippen LogP contribution < -0.4 is 20.1 Å². The molecule has 6 nitrogen and oxygen atoms in total. The van der Waals surface area contributed by atoms with Gasteiger partial charge in [0.15, 0.2) is 11.5 Å². The molecule has 29 heavy (non-hydrogen) atoms. The molecule has 1 heterocycles. The minimum atomic E-state index is -0.645. The van der Waals surface area contributed by atoms with E-state index in [9.17, 15) is 9.59 Å². The molecule has 4 rings (SSSR count). The van der Waals surface area contributed by atoms with Gasteiger partial charge in [-0.05, 0) is 30.5 Å². The number of carbonyl (C=O) groups excluding carboxylic acids is 2. The lowest BCUT2D eigenvalue weighted by Gasteiger charge is -2.30. The lowest BCUT2D eigenvalue weighted by atomic mass is 9.79. The lowest BCUT2D eigenvalue weighted by Crippen LogP contribution is -2.48. The molecule has 0 aromatic heterocycles. The zero-order chi connectivity index (χ0) is 20.1. The fourth-order valence-corrected chi connectivity index (χ4v) is 4.19. The van der Waals surface area contributed by atoms with Gasteiger partial charge in [-0.15, -0.1) is 0 Å². The van der Waals surface area contributed by atoms with Gasteiger partial charge in [-0.1, -0.05) is 55.3 Å². The smallest absolute Gasteiger partial charge is 0.309 e. The average molecular weight is 394 g/mol. The van der Waals surface area contributed by atoms with E-state index in [-0.39, 0.29) is 18.1 Å². The molecule has 0 saturated heterocycles. The number of carbonyl (C=O) groups is 2.